The largest absolute Gasteiger partial charge is 0.481 e. The van der Waals surface area contributed by atoms with Gasteiger partial charge in [-0.3, -0.25) is 9.59 Å². The number of aromatic nitrogens is 2. The second-order valence-electron chi connectivity index (χ2n) is 9.27. The Morgan fingerprint density at radius 3 is 2.61 bits per heavy atom. The molecule has 0 saturated heterocycles. The van der Waals surface area contributed by atoms with Crippen molar-refractivity contribution in [1.82, 2.24) is 14.9 Å². The van der Waals surface area contributed by atoms with Gasteiger partial charge in [0.1, 0.15) is 5.65 Å². The first-order valence-corrected chi connectivity index (χ1v) is 12.0. The molecule has 0 spiro atoms. The van der Waals surface area contributed by atoms with E-state index in [0.717, 1.165) is 41.2 Å². The third-order valence-corrected chi connectivity index (χ3v) is 5.24. The number of hydrogen-bond donors (Lipinski definition) is 3. The Hall–Kier alpha value is -4.44. The third kappa shape index (κ3) is 7.07. The smallest absolute Gasteiger partial charge is 0.348 e. The quantitative estimate of drug-likeness (QED) is 0.238. The zero-order valence-corrected chi connectivity index (χ0v) is 22.3. The van der Waals surface area contributed by atoms with E-state index in [0.29, 0.717) is 5.65 Å². The van der Waals surface area contributed by atoms with Gasteiger partial charge in [0.2, 0.25) is 11.7 Å². The number of carboxylic acid groups (broad SMARTS) is 1. The van der Waals surface area contributed by atoms with E-state index in [1.807, 2.05) is 45.3 Å². The van der Waals surface area contributed by atoms with Gasteiger partial charge in [-0.05, 0) is 70.3 Å². The zero-order chi connectivity index (χ0) is 28.0. The predicted octanol–water partition coefficient (Wildman–Crippen LogP) is 4.24. The van der Waals surface area contributed by atoms with E-state index in [9.17, 15) is 9.59 Å². The first kappa shape index (κ1) is 28.1. The molecular weight excluding hydrogens is 488 g/mol. The number of esters is 1. The number of H-pyrrole nitrogens is 1. The number of benzene rings is 1. The van der Waals surface area contributed by atoms with Gasteiger partial charge in [0.25, 0.3) is 5.97 Å². The second-order valence-corrected chi connectivity index (χ2v) is 9.27. The van der Waals surface area contributed by atoms with Gasteiger partial charge < -0.3 is 29.8 Å². The molecule has 3 N–H and O–H groups in total. The highest BCUT2D eigenvalue weighted by molar-refractivity contribution is 6.27. The number of nitrogens with one attached hydrogen (secondary N) is 2. The number of Topliss-reactive ketones (excluding diaryl/α,β-unsaturated/α-hetero) is 1. The number of pyridine rings is 1. The minimum absolute atomic E-state index is 0.0323. The minimum atomic E-state index is -0.833. The standard InChI is InChI=1S/C26H28N4O4.C2H4O2/c1-15(2)33-26(32)22-23(31)21(12-18-13-28-24-19(18)7-6-10-27-24)34-25(22)29-20-9-8-17(11-16(20)3)14-30(4)5;1-2(3)4/h6-13,15,29H,14H2,1-5H3,(H,27,28);1H3,(H,3,4). The summed E-state index contributed by atoms with van der Waals surface area (Å²) in [6.45, 7) is 7.31. The molecule has 200 valence electrons. The lowest BCUT2D eigenvalue weighted by molar-refractivity contribution is -0.143. The van der Waals surface area contributed by atoms with Crippen LogP contribution in [0.2, 0.25) is 0 Å². The normalized spacial score (nSPS) is 14.1. The van der Waals surface area contributed by atoms with Crippen molar-refractivity contribution < 1.29 is 29.0 Å². The van der Waals surface area contributed by atoms with Crippen molar-refractivity contribution in [2.24, 2.45) is 0 Å². The number of fused-ring (bicyclic) bond motifs is 1. The summed E-state index contributed by atoms with van der Waals surface area (Å²) in [4.78, 5) is 44.5. The molecule has 1 aliphatic heterocycles. The lowest BCUT2D eigenvalue weighted by Crippen LogP contribution is -2.19. The Labute approximate surface area is 221 Å². The first-order chi connectivity index (χ1) is 18.0. The predicted molar refractivity (Wildman–Crippen MR) is 144 cm³/mol. The van der Waals surface area contributed by atoms with Gasteiger partial charge in [0.15, 0.2) is 11.3 Å². The van der Waals surface area contributed by atoms with Crippen LogP contribution in [0.15, 0.2) is 59.9 Å². The number of aryl methyl sites for hydroxylation is 1. The van der Waals surface area contributed by atoms with Gasteiger partial charge in [-0.15, -0.1) is 0 Å². The lowest BCUT2D eigenvalue weighted by atomic mass is 10.1. The average Bonchev–Trinajstić information content (AvgIpc) is 3.35. The Morgan fingerprint density at radius 1 is 1.26 bits per heavy atom. The van der Waals surface area contributed by atoms with Crippen LogP contribution in [0.5, 0.6) is 0 Å². The number of carbonyl (C=O) groups is 3. The van der Waals surface area contributed by atoms with Gasteiger partial charge in [0.05, 0.1) is 6.10 Å². The fourth-order valence-electron chi connectivity index (χ4n) is 3.76. The number of hydrogen-bond acceptors (Lipinski definition) is 8. The Bertz CT molecular complexity index is 1410. The number of carboxylic acids is 1. The number of anilines is 1. The Morgan fingerprint density at radius 2 is 1.97 bits per heavy atom. The van der Waals surface area contributed by atoms with Crippen molar-refractivity contribution in [3.05, 3.63) is 76.6 Å². The van der Waals surface area contributed by atoms with Crippen LogP contribution in [0.3, 0.4) is 0 Å². The van der Waals surface area contributed by atoms with E-state index in [4.69, 9.17) is 19.4 Å². The van der Waals surface area contributed by atoms with Crippen LogP contribution in [0.4, 0.5) is 5.69 Å². The molecule has 10 heteroatoms. The Kier molecular flexibility index (Phi) is 9.03. The maximum atomic E-state index is 13.2. The van der Waals surface area contributed by atoms with Crippen LogP contribution < -0.4 is 5.32 Å². The molecule has 10 nitrogen and oxygen atoms in total. The number of aromatic amines is 1. The second kappa shape index (κ2) is 12.2. The highest BCUT2D eigenvalue weighted by Gasteiger charge is 2.37. The van der Waals surface area contributed by atoms with E-state index in [-0.39, 0.29) is 23.3 Å². The molecule has 0 radical (unpaired) electrons. The van der Waals surface area contributed by atoms with Crippen molar-refractivity contribution in [3.63, 3.8) is 0 Å². The van der Waals surface area contributed by atoms with E-state index in [1.54, 1.807) is 32.3 Å². The molecule has 3 aromatic rings. The summed E-state index contributed by atoms with van der Waals surface area (Å²) in [6.07, 6.45) is 4.65. The Balaban J connectivity index is 0.000000934. The van der Waals surface area contributed by atoms with E-state index in [2.05, 4.69) is 26.3 Å². The fraction of sp³-hybridized carbons (Fsp3) is 0.286. The molecule has 0 saturated carbocycles. The molecule has 2 aromatic heterocycles. The van der Waals surface area contributed by atoms with Crippen LogP contribution in [0, 0.1) is 6.92 Å². The molecule has 3 heterocycles. The first-order valence-electron chi connectivity index (χ1n) is 12.0. The molecule has 0 atom stereocenters. The number of allylic oxidation sites excluding steroid dienone is 1. The van der Waals surface area contributed by atoms with Crippen molar-refractivity contribution >= 4 is 40.5 Å². The van der Waals surface area contributed by atoms with Gasteiger partial charge >= 0.3 is 5.97 Å². The summed E-state index contributed by atoms with van der Waals surface area (Å²) in [6, 6.07) is 9.67. The molecule has 0 bridgehead atoms. The van der Waals surface area contributed by atoms with Crippen LogP contribution in [-0.2, 0) is 30.4 Å². The lowest BCUT2D eigenvalue weighted by Gasteiger charge is -2.15. The summed E-state index contributed by atoms with van der Waals surface area (Å²) in [5.74, 6) is -2.00. The number of nitrogens with zero attached hydrogens (tertiary/aromatic N) is 2. The minimum Gasteiger partial charge on any atom is -0.481 e. The number of rotatable bonds is 7. The molecule has 0 unspecified atom stereocenters. The topological polar surface area (TPSA) is 134 Å². The van der Waals surface area contributed by atoms with Crippen LogP contribution in [0.1, 0.15) is 37.5 Å². The van der Waals surface area contributed by atoms with Gasteiger partial charge in [-0.1, -0.05) is 12.1 Å². The van der Waals surface area contributed by atoms with Crippen LogP contribution >= 0.6 is 0 Å². The molecule has 0 aliphatic carbocycles. The van der Waals surface area contributed by atoms with Gasteiger partial charge in [-0.25, -0.2) is 9.78 Å². The van der Waals surface area contributed by atoms with Gasteiger partial charge in [-0.2, -0.15) is 0 Å². The summed E-state index contributed by atoms with van der Waals surface area (Å²) < 4.78 is 11.2. The van der Waals surface area contributed by atoms with Crippen molar-refractivity contribution in [3.8, 4) is 0 Å². The highest BCUT2D eigenvalue weighted by Crippen LogP contribution is 2.31. The average molecular weight is 521 g/mol. The monoisotopic (exact) mass is 520 g/mol. The highest BCUT2D eigenvalue weighted by atomic mass is 16.5. The number of ether oxygens (including phenoxy) is 2. The molecular formula is C28H32N4O6. The van der Waals surface area contributed by atoms with Gasteiger partial charge in [0, 0.05) is 42.5 Å². The number of aliphatic carboxylic acids is 1. The molecule has 0 fully saturated rings. The van der Waals surface area contributed by atoms with Crippen molar-refractivity contribution in [1.29, 1.82) is 0 Å². The number of carbonyl (C=O) groups excluding carboxylic acids is 2. The zero-order valence-electron chi connectivity index (χ0n) is 22.3. The van der Waals surface area contributed by atoms with E-state index < -0.39 is 17.7 Å². The SMILES string of the molecule is CC(=O)O.Cc1cc(CN(C)C)ccc1NC1=C(C(=O)OC(C)C)C(=O)C(=Cc2c[nH]c3ncccc23)O1. The maximum Gasteiger partial charge on any atom is 0.348 e. The molecule has 1 aromatic carbocycles. The molecule has 38 heavy (non-hydrogen) atoms. The summed E-state index contributed by atoms with van der Waals surface area (Å²) in [5, 5.41) is 11.4. The van der Waals surface area contributed by atoms with Crippen LogP contribution in [-0.4, -0.2) is 57.9 Å². The van der Waals surface area contributed by atoms with Crippen LogP contribution in [0.25, 0.3) is 17.1 Å². The summed E-state index contributed by atoms with van der Waals surface area (Å²) >= 11 is 0. The number of ketones is 1. The summed E-state index contributed by atoms with van der Waals surface area (Å²) in [7, 11) is 4.02. The van der Waals surface area contributed by atoms with E-state index in [1.165, 1.54) is 0 Å². The van der Waals surface area contributed by atoms with Crippen molar-refractivity contribution in [2.75, 3.05) is 19.4 Å². The van der Waals surface area contributed by atoms with E-state index >= 15 is 0 Å². The molecule has 0 amide bonds. The third-order valence-electron chi connectivity index (χ3n) is 5.24. The molecule has 4 rings (SSSR count). The summed E-state index contributed by atoms with van der Waals surface area (Å²) in [5.41, 5.74) is 4.11. The van der Waals surface area contributed by atoms with Crippen molar-refractivity contribution in [2.45, 2.75) is 40.3 Å². The maximum absolute atomic E-state index is 13.2. The molecule has 1 aliphatic rings. The fourth-order valence-corrected chi connectivity index (χ4v) is 3.76.